The number of nitrogens with zero attached hydrogens (tertiary/aromatic N) is 1. The molecule has 0 saturated heterocycles. The number of carbonyl (C=O) groups is 2. The van der Waals surface area contributed by atoms with E-state index >= 15 is 0 Å². The van der Waals surface area contributed by atoms with Gasteiger partial charge < -0.3 is 15.0 Å². The molecule has 0 spiro atoms. The van der Waals surface area contributed by atoms with Gasteiger partial charge in [0.25, 0.3) is 11.8 Å². The second-order valence-corrected chi connectivity index (χ2v) is 7.48. The van der Waals surface area contributed by atoms with Crippen molar-refractivity contribution in [1.29, 1.82) is 0 Å². The first-order valence-corrected chi connectivity index (χ1v) is 10.2. The van der Waals surface area contributed by atoms with E-state index in [0.29, 0.717) is 30.3 Å². The van der Waals surface area contributed by atoms with Gasteiger partial charge in [-0.2, -0.15) is 0 Å². The molecule has 0 fully saturated rings. The lowest BCUT2D eigenvalue weighted by Crippen LogP contribution is -2.31. The lowest BCUT2D eigenvalue weighted by Gasteiger charge is -2.19. The Bertz CT molecular complexity index is 840. The molecule has 0 saturated carbocycles. The van der Waals surface area contributed by atoms with Gasteiger partial charge in [-0.15, -0.1) is 0 Å². The number of anilines is 1. The molecule has 1 unspecified atom stereocenters. The van der Waals surface area contributed by atoms with E-state index in [1.54, 1.807) is 36.1 Å². The van der Waals surface area contributed by atoms with Crippen molar-refractivity contribution in [2.75, 3.05) is 18.4 Å². The van der Waals surface area contributed by atoms with Crippen molar-refractivity contribution in [1.82, 2.24) is 4.90 Å². The number of amides is 2. The summed E-state index contributed by atoms with van der Waals surface area (Å²) in [6.45, 7) is 13.2. The number of nitrogens with one attached hydrogen (secondary N) is 1. The van der Waals surface area contributed by atoms with E-state index in [4.69, 9.17) is 4.74 Å². The lowest BCUT2D eigenvalue weighted by molar-refractivity contribution is -0.122. The van der Waals surface area contributed by atoms with E-state index in [1.807, 2.05) is 32.9 Å². The number of hydrogen-bond acceptors (Lipinski definition) is 3. The topological polar surface area (TPSA) is 58.6 Å². The Morgan fingerprint density at radius 2 is 1.62 bits per heavy atom. The molecule has 0 aliphatic rings. The number of benzene rings is 2. The molecule has 2 amide bonds. The summed E-state index contributed by atoms with van der Waals surface area (Å²) in [5, 5.41) is 2.85. The monoisotopic (exact) mass is 396 g/mol. The van der Waals surface area contributed by atoms with Gasteiger partial charge in [0.1, 0.15) is 5.75 Å². The predicted octanol–water partition coefficient (Wildman–Crippen LogP) is 5.01. The van der Waals surface area contributed by atoms with Crippen LogP contribution in [-0.2, 0) is 4.79 Å². The van der Waals surface area contributed by atoms with Crippen LogP contribution in [-0.4, -0.2) is 35.9 Å². The fourth-order valence-corrected chi connectivity index (χ4v) is 2.98. The van der Waals surface area contributed by atoms with Crippen LogP contribution in [0.5, 0.6) is 5.75 Å². The van der Waals surface area contributed by atoms with Crippen LogP contribution >= 0.6 is 0 Å². The Labute approximate surface area is 174 Å². The normalized spacial score (nSPS) is 11.8. The molecule has 2 aromatic rings. The number of ether oxygens (including phenoxy) is 1. The fourth-order valence-electron chi connectivity index (χ4n) is 2.98. The fraction of sp³-hybridized carbons (Fsp3) is 0.417. The highest BCUT2D eigenvalue weighted by Gasteiger charge is 2.17. The molecule has 5 heteroatoms. The zero-order valence-corrected chi connectivity index (χ0v) is 18.3. The van der Waals surface area contributed by atoms with Crippen molar-refractivity contribution in [2.45, 2.75) is 53.6 Å². The third kappa shape index (κ3) is 5.83. The van der Waals surface area contributed by atoms with Crippen molar-refractivity contribution in [3.63, 3.8) is 0 Å². The molecule has 0 aliphatic heterocycles. The second kappa shape index (κ2) is 10.1. The van der Waals surface area contributed by atoms with Crippen LogP contribution < -0.4 is 10.1 Å². The Morgan fingerprint density at radius 1 is 1.00 bits per heavy atom. The molecule has 1 N–H and O–H groups in total. The van der Waals surface area contributed by atoms with E-state index in [9.17, 15) is 9.59 Å². The van der Waals surface area contributed by atoms with Gasteiger partial charge in [-0.05, 0) is 75.1 Å². The smallest absolute Gasteiger partial charge is 0.265 e. The maximum Gasteiger partial charge on any atom is 0.265 e. The molecule has 156 valence electrons. The number of hydrogen-bond donors (Lipinski definition) is 1. The molecule has 29 heavy (non-hydrogen) atoms. The highest BCUT2D eigenvalue weighted by molar-refractivity contribution is 5.96. The third-order valence-electron chi connectivity index (χ3n) is 5.00. The average molecular weight is 397 g/mol. The molecule has 2 aromatic carbocycles. The van der Waals surface area contributed by atoms with Crippen LogP contribution in [0.15, 0.2) is 42.5 Å². The Hall–Kier alpha value is -2.82. The molecule has 0 heterocycles. The quantitative estimate of drug-likeness (QED) is 0.683. The Kier molecular flexibility index (Phi) is 7.82. The van der Waals surface area contributed by atoms with Gasteiger partial charge in [0, 0.05) is 24.3 Å². The van der Waals surface area contributed by atoms with Crippen LogP contribution in [0.3, 0.4) is 0 Å². The Balaban J connectivity index is 2.03. The van der Waals surface area contributed by atoms with Crippen molar-refractivity contribution in [2.24, 2.45) is 0 Å². The summed E-state index contributed by atoms with van der Waals surface area (Å²) in [6, 6.07) is 13.0. The summed E-state index contributed by atoms with van der Waals surface area (Å²) in [5.74, 6) is 0.867. The van der Waals surface area contributed by atoms with Gasteiger partial charge in [-0.3, -0.25) is 9.59 Å². The first-order chi connectivity index (χ1) is 13.8. The highest BCUT2D eigenvalue weighted by Crippen LogP contribution is 2.25. The van der Waals surface area contributed by atoms with Crippen molar-refractivity contribution < 1.29 is 14.3 Å². The molecular formula is C24H32N2O3. The first-order valence-electron chi connectivity index (χ1n) is 10.2. The van der Waals surface area contributed by atoms with Crippen molar-refractivity contribution in [3.05, 3.63) is 59.2 Å². The molecule has 0 aliphatic carbocycles. The largest absolute Gasteiger partial charge is 0.481 e. The standard InChI is InChI=1S/C24H32N2O3/c1-7-26(8-2)24(28)19-11-13-21(14-12-19)25-23(27)18(6)29-22-15-20(16(3)4)10-9-17(22)5/h9-16,18H,7-8H2,1-6H3,(H,25,27). The van der Waals surface area contributed by atoms with Gasteiger partial charge in [0.05, 0.1) is 0 Å². The van der Waals surface area contributed by atoms with Gasteiger partial charge in [0.15, 0.2) is 6.10 Å². The zero-order chi connectivity index (χ0) is 21.6. The summed E-state index contributed by atoms with van der Waals surface area (Å²) in [5.41, 5.74) is 3.41. The molecule has 2 rings (SSSR count). The zero-order valence-electron chi connectivity index (χ0n) is 18.3. The number of rotatable bonds is 8. The molecule has 0 bridgehead atoms. The second-order valence-electron chi connectivity index (χ2n) is 7.48. The van der Waals surface area contributed by atoms with Gasteiger partial charge in [-0.1, -0.05) is 26.0 Å². The van der Waals surface area contributed by atoms with Crippen LogP contribution in [0.4, 0.5) is 5.69 Å². The SMILES string of the molecule is CCN(CC)C(=O)c1ccc(NC(=O)C(C)Oc2cc(C(C)C)ccc2C)cc1. The number of carbonyl (C=O) groups excluding carboxylic acids is 2. The average Bonchev–Trinajstić information content (AvgIpc) is 2.70. The lowest BCUT2D eigenvalue weighted by atomic mass is 10.0. The van der Waals surface area contributed by atoms with Gasteiger partial charge in [0.2, 0.25) is 0 Å². The molecular weight excluding hydrogens is 364 g/mol. The van der Waals surface area contributed by atoms with E-state index in [1.165, 1.54) is 5.56 Å². The molecule has 0 aromatic heterocycles. The van der Waals surface area contributed by atoms with Gasteiger partial charge in [-0.25, -0.2) is 0 Å². The minimum atomic E-state index is -0.645. The minimum absolute atomic E-state index is 0.00918. The summed E-state index contributed by atoms with van der Waals surface area (Å²) in [4.78, 5) is 26.7. The van der Waals surface area contributed by atoms with E-state index < -0.39 is 6.10 Å². The summed E-state index contributed by atoms with van der Waals surface area (Å²) >= 11 is 0. The van der Waals surface area contributed by atoms with Crippen molar-refractivity contribution in [3.8, 4) is 5.75 Å². The van der Waals surface area contributed by atoms with Crippen LogP contribution in [0.2, 0.25) is 0 Å². The molecule has 0 radical (unpaired) electrons. The summed E-state index contributed by atoms with van der Waals surface area (Å²) < 4.78 is 5.92. The molecule has 5 nitrogen and oxygen atoms in total. The summed E-state index contributed by atoms with van der Waals surface area (Å²) in [7, 11) is 0. The maximum atomic E-state index is 12.6. The highest BCUT2D eigenvalue weighted by atomic mass is 16.5. The van der Waals surface area contributed by atoms with Crippen LogP contribution in [0, 0.1) is 6.92 Å². The summed E-state index contributed by atoms with van der Waals surface area (Å²) in [6.07, 6.45) is -0.645. The van der Waals surface area contributed by atoms with Crippen LogP contribution in [0.25, 0.3) is 0 Å². The predicted molar refractivity (Wildman–Crippen MR) is 118 cm³/mol. The van der Waals surface area contributed by atoms with Crippen molar-refractivity contribution >= 4 is 17.5 Å². The van der Waals surface area contributed by atoms with Crippen LogP contribution in [0.1, 0.15) is 62.0 Å². The Morgan fingerprint density at radius 3 is 2.17 bits per heavy atom. The van der Waals surface area contributed by atoms with E-state index in [0.717, 1.165) is 11.3 Å². The molecule has 1 atom stereocenters. The van der Waals surface area contributed by atoms with Gasteiger partial charge >= 0.3 is 0 Å². The number of aryl methyl sites for hydroxylation is 1. The first kappa shape index (κ1) is 22.5. The minimum Gasteiger partial charge on any atom is -0.481 e. The van der Waals surface area contributed by atoms with E-state index in [-0.39, 0.29) is 11.8 Å². The maximum absolute atomic E-state index is 12.6. The van der Waals surface area contributed by atoms with E-state index in [2.05, 4.69) is 25.2 Å². The third-order valence-corrected chi connectivity index (χ3v) is 5.00.